The first kappa shape index (κ1) is 17.4. The zero-order valence-corrected chi connectivity index (χ0v) is 14.4. The van der Waals surface area contributed by atoms with Crippen LogP contribution in [0.1, 0.15) is 40.8 Å². The predicted molar refractivity (Wildman–Crippen MR) is 93.2 cm³/mol. The van der Waals surface area contributed by atoms with Crippen LogP contribution >= 0.6 is 11.3 Å². The highest BCUT2D eigenvalue weighted by Crippen LogP contribution is 2.18. The predicted octanol–water partition coefficient (Wildman–Crippen LogP) is 2.58. The molecule has 1 amide bonds. The SMILES string of the molecule is CC(C)c1ccc(OCCNC(=O)c2csc(CCN)n2)cc1. The van der Waals surface area contributed by atoms with Crippen LogP contribution in [0, 0.1) is 0 Å². The number of carbonyl (C=O) groups is 1. The molecule has 2 rings (SSSR count). The number of nitrogens with two attached hydrogens (primary N) is 1. The molecule has 0 aliphatic carbocycles. The molecular formula is C17H23N3O2S. The number of benzene rings is 1. The Morgan fingerprint density at radius 1 is 1.35 bits per heavy atom. The molecule has 0 aliphatic rings. The highest BCUT2D eigenvalue weighted by molar-refractivity contribution is 7.09. The van der Waals surface area contributed by atoms with Gasteiger partial charge in [-0.2, -0.15) is 0 Å². The summed E-state index contributed by atoms with van der Waals surface area (Å²) in [5.41, 5.74) is 7.20. The van der Waals surface area contributed by atoms with Crippen molar-refractivity contribution in [3.05, 3.63) is 45.9 Å². The zero-order chi connectivity index (χ0) is 16.7. The Hall–Kier alpha value is -1.92. The van der Waals surface area contributed by atoms with Gasteiger partial charge in [0, 0.05) is 11.8 Å². The maximum atomic E-state index is 11.9. The third-order valence-electron chi connectivity index (χ3n) is 3.35. The monoisotopic (exact) mass is 333 g/mol. The Kier molecular flexibility index (Phi) is 6.55. The topological polar surface area (TPSA) is 77.2 Å². The van der Waals surface area contributed by atoms with Crippen molar-refractivity contribution in [3.63, 3.8) is 0 Å². The summed E-state index contributed by atoms with van der Waals surface area (Å²) in [6.45, 7) is 5.71. The molecule has 5 nitrogen and oxygen atoms in total. The lowest BCUT2D eigenvalue weighted by Crippen LogP contribution is -2.28. The third kappa shape index (κ3) is 5.33. The molecule has 0 bridgehead atoms. The number of amides is 1. The first-order valence-electron chi connectivity index (χ1n) is 7.75. The van der Waals surface area contributed by atoms with Crippen molar-refractivity contribution in [3.8, 4) is 5.75 Å². The second kappa shape index (κ2) is 8.64. The van der Waals surface area contributed by atoms with E-state index in [0.717, 1.165) is 10.8 Å². The Balaban J connectivity index is 1.72. The van der Waals surface area contributed by atoms with E-state index in [4.69, 9.17) is 10.5 Å². The van der Waals surface area contributed by atoms with Gasteiger partial charge in [-0.05, 0) is 30.2 Å². The largest absolute Gasteiger partial charge is 0.492 e. The summed E-state index contributed by atoms with van der Waals surface area (Å²) in [6.07, 6.45) is 0.702. The minimum absolute atomic E-state index is 0.178. The number of hydrogen-bond acceptors (Lipinski definition) is 5. The van der Waals surface area contributed by atoms with E-state index in [1.54, 1.807) is 5.38 Å². The lowest BCUT2D eigenvalue weighted by Gasteiger charge is -2.09. The highest BCUT2D eigenvalue weighted by atomic mass is 32.1. The van der Waals surface area contributed by atoms with Crippen LogP contribution in [0.2, 0.25) is 0 Å². The molecule has 0 aliphatic heterocycles. The molecule has 1 heterocycles. The van der Waals surface area contributed by atoms with Crippen molar-refractivity contribution >= 4 is 17.2 Å². The number of rotatable bonds is 8. The smallest absolute Gasteiger partial charge is 0.270 e. The summed E-state index contributed by atoms with van der Waals surface area (Å²) in [5.74, 6) is 1.14. The minimum atomic E-state index is -0.178. The van der Waals surface area contributed by atoms with Crippen molar-refractivity contribution in [2.45, 2.75) is 26.2 Å². The standard InChI is InChI=1S/C17H23N3O2S/c1-12(2)13-3-5-14(6-4-13)22-10-9-19-17(21)15-11-23-16(20-15)7-8-18/h3-6,11-12H,7-10,18H2,1-2H3,(H,19,21). The zero-order valence-electron chi connectivity index (χ0n) is 13.5. The molecule has 3 N–H and O–H groups in total. The van der Waals surface area contributed by atoms with E-state index in [1.165, 1.54) is 16.9 Å². The lowest BCUT2D eigenvalue weighted by molar-refractivity contribution is 0.0942. The summed E-state index contributed by atoms with van der Waals surface area (Å²) in [7, 11) is 0. The fraction of sp³-hybridized carbons (Fsp3) is 0.412. The van der Waals surface area contributed by atoms with E-state index in [0.29, 0.717) is 37.7 Å². The van der Waals surface area contributed by atoms with Crippen LogP contribution in [0.4, 0.5) is 0 Å². The number of carbonyl (C=O) groups excluding carboxylic acids is 1. The van der Waals surface area contributed by atoms with Crippen LogP contribution < -0.4 is 15.8 Å². The molecule has 0 saturated heterocycles. The second-order valence-corrected chi connectivity index (χ2v) is 6.44. The van der Waals surface area contributed by atoms with Crippen LogP contribution in [-0.4, -0.2) is 30.6 Å². The Morgan fingerprint density at radius 2 is 2.09 bits per heavy atom. The first-order valence-corrected chi connectivity index (χ1v) is 8.63. The fourth-order valence-electron chi connectivity index (χ4n) is 2.03. The molecular weight excluding hydrogens is 310 g/mol. The second-order valence-electron chi connectivity index (χ2n) is 5.49. The molecule has 2 aromatic rings. The van der Waals surface area contributed by atoms with Gasteiger partial charge in [-0.15, -0.1) is 11.3 Å². The summed E-state index contributed by atoms with van der Waals surface area (Å²) in [5, 5.41) is 5.45. The average molecular weight is 333 g/mol. The molecule has 1 aromatic heterocycles. The molecule has 124 valence electrons. The van der Waals surface area contributed by atoms with Crippen molar-refractivity contribution in [1.82, 2.24) is 10.3 Å². The number of hydrogen-bond donors (Lipinski definition) is 2. The lowest BCUT2D eigenvalue weighted by atomic mass is 10.0. The van der Waals surface area contributed by atoms with Crippen LogP contribution in [-0.2, 0) is 6.42 Å². The fourth-order valence-corrected chi connectivity index (χ4v) is 2.82. The number of aromatic nitrogens is 1. The van der Waals surface area contributed by atoms with Crippen molar-refractivity contribution in [1.29, 1.82) is 0 Å². The molecule has 0 saturated carbocycles. The van der Waals surface area contributed by atoms with Gasteiger partial charge in [0.2, 0.25) is 0 Å². The van der Waals surface area contributed by atoms with Gasteiger partial charge in [0.05, 0.1) is 11.6 Å². The molecule has 0 radical (unpaired) electrons. The van der Waals surface area contributed by atoms with Gasteiger partial charge >= 0.3 is 0 Å². The molecule has 1 aromatic carbocycles. The molecule has 23 heavy (non-hydrogen) atoms. The summed E-state index contributed by atoms with van der Waals surface area (Å²) in [4.78, 5) is 16.2. The molecule has 0 atom stereocenters. The van der Waals surface area contributed by atoms with Crippen molar-refractivity contribution in [2.75, 3.05) is 19.7 Å². The van der Waals surface area contributed by atoms with Gasteiger partial charge in [0.1, 0.15) is 18.1 Å². The van der Waals surface area contributed by atoms with E-state index < -0.39 is 0 Å². The first-order chi connectivity index (χ1) is 11.1. The van der Waals surface area contributed by atoms with Gasteiger partial charge in [-0.3, -0.25) is 4.79 Å². The van der Waals surface area contributed by atoms with Crippen molar-refractivity contribution in [2.24, 2.45) is 5.73 Å². The molecule has 0 spiro atoms. The number of thiazole rings is 1. The maximum Gasteiger partial charge on any atom is 0.270 e. The number of nitrogens with zero attached hydrogens (tertiary/aromatic N) is 1. The van der Waals surface area contributed by atoms with Crippen LogP contribution in [0.5, 0.6) is 5.75 Å². The van der Waals surface area contributed by atoms with E-state index in [1.807, 2.05) is 12.1 Å². The molecule has 0 fully saturated rings. The molecule has 0 unspecified atom stereocenters. The summed E-state index contributed by atoms with van der Waals surface area (Å²) < 4.78 is 5.62. The maximum absolute atomic E-state index is 11.9. The normalized spacial score (nSPS) is 10.8. The Bertz CT molecular complexity index is 623. The van der Waals surface area contributed by atoms with Gasteiger partial charge in [0.25, 0.3) is 5.91 Å². The minimum Gasteiger partial charge on any atom is -0.492 e. The summed E-state index contributed by atoms with van der Waals surface area (Å²) in [6, 6.07) is 8.03. The van der Waals surface area contributed by atoms with Crippen LogP contribution in [0.25, 0.3) is 0 Å². The summed E-state index contributed by atoms with van der Waals surface area (Å²) >= 11 is 1.46. The van der Waals surface area contributed by atoms with E-state index >= 15 is 0 Å². The third-order valence-corrected chi connectivity index (χ3v) is 4.25. The highest BCUT2D eigenvalue weighted by Gasteiger charge is 2.09. The van der Waals surface area contributed by atoms with Crippen LogP contribution in [0.3, 0.4) is 0 Å². The molecule has 6 heteroatoms. The quantitative estimate of drug-likeness (QED) is 0.728. The van der Waals surface area contributed by atoms with Gasteiger partial charge in [-0.25, -0.2) is 4.98 Å². The van der Waals surface area contributed by atoms with Gasteiger partial charge in [-0.1, -0.05) is 26.0 Å². The Morgan fingerprint density at radius 3 is 2.74 bits per heavy atom. The van der Waals surface area contributed by atoms with E-state index in [2.05, 4.69) is 36.3 Å². The Labute approximate surface area is 140 Å². The van der Waals surface area contributed by atoms with Gasteiger partial charge in [0.15, 0.2) is 0 Å². The number of nitrogens with one attached hydrogen (secondary N) is 1. The van der Waals surface area contributed by atoms with Crippen molar-refractivity contribution < 1.29 is 9.53 Å². The van der Waals surface area contributed by atoms with E-state index in [-0.39, 0.29) is 5.91 Å². The average Bonchev–Trinajstić information content (AvgIpc) is 3.01. The van der Waals surface area contributed by atoms with Gasteiger partial charge < -0.3 is 15.8 Å². The van der Waals surface area contributed by atoms with E-state index in [9.17, 15) is 4.79 Å². The van der Waals surface area contributed by atoms with Crippen LogP contribution in [0.15, 0.2) is 29.6 Å². The number of ether oxygens (including phenoxy) is 1.